The van der Waals surface area contributed by atoms with E-state index in [4.69, 9.17) is 0 Å². The highest BCUT2D eigenvalue weighted by Crippen LogP contribution is 2.24. The lowest BCUT2D eigenvalue weighted by Gasteiger charge is -2.18. The maximum absolute atomic E-state index is 12.1. The number of rotatable bonds is 7. The fraction of sp³-hybridized carbons (Fsp3) is 0.538. The van der Waals surface area contributed by atoms with Gasteiger partial charge in [0.2, 0.25) is 10.0 Å². The molecule has 1 aliphatic rings. The molecule has 0 radical (unpaired) electrons. The van der Waals surface area contributed by atoms with Crippen molar-refractivity contribution in [2.45, 2.75) is 24.2 Å². The van der Waals surface area contributed by atoms with Crippen molar-refractivity contribution >= 4 is 15.7 Å². The van der Waals surface area contributed by atoms with E-state index in [0.717, 1.165) is 30.6 Å². The Kier molecular flexibility index (Phi) is 5.49. The molecule has 1 aliphatic heterocycles. The van der Waals surface area contributed by atoms with Crippen molar-refractivity contribution in [3.8, 4) is 0 Å². The Morgan fingerprint density at radius 1 is 1.38 bits per heavy atom. The van der Waals surface area contributed by atoms with Crippen LogP contribution in [-0.2, 0) is 21.2 Å². The monoisotopic (exact) mass is 320 g/mol. The van der Waals surface area contributed by atoms with Gasteiger partial charge in [-0.2, -0.15) is 0 Å². The molecule has 0 unspecified atom stereocenters. The average Bonchev–Trinajstić information content (AvgIpc) is 2.46. The van der Waals surface area contributed by atoms with E-state index in [9.17, 15) is 17.2 Å². The molecule has 0 spiro atoms. The third-order valence-electron chi connectivity index (χ3n) is 3.11. The summed E-state index contributed by atoms with van der Waals surface area (Å²) in [5.41, 5.74) is 1.93. The Morgan fingerprint density at radius 3 is 2.95 bits per heavy atom. The highest BCUT2D eigenvalue weighted by atomic mass is 32.2. The van der Waals surface area contributed by atoms with Gasteiger partial charge in [-0.3, -0.25) is 0 Å². The Balaban J connectivity index is 1.93. The third-order valence-corrected chi connectivity index (χ3v) is 4.57. The Bertz CT molecular complexity index is 579. The van der Waals surface area contributed by atoms with Crippen LogP contribution in [0.15, 0.2) is 23.1 Å². The maximum atomic E-state index is 12.1. The predicted molar refractivity (Wildman–Crippen MR) is 75.3 cm³/mol. The average molecular weight is 320 g/mol. The Labute approximate surface area is 122 Å². The van der Waals surface area contributed by atoms with Gasteiger partial charge in [0.1, 0.15) is 6.61 Å². The van der Waals surface area contributed by atoms with E-state index in [2.05, 4.69) is 14.8 Å². The zero-order chi connectivity index (χ0) is 15.3. The molecule has 0 aliphatic carbocycles. The van der Waals surface area contributed by atoms with Crippen LogP contribution < -0.4 is 10.0 Å². The van der Waals surface area contributed by atoms with Gasteiger partial charge in [-0.15, -0.1) is 0 Å². The van der Waals surface area contributed by atoms with Gasteiger partial charge in [0.25, 0.3) is 6.43 Å². The van der Waals surface area contributed by atoms with E-state index in [1.807, 2.05) is 0 Å². The molecule has 0 saturated heterocycles. The van der Waals surface area contributed by atoms with Gasteiger partial charge in [-0.05, 0) is 36.6 Å². The van der Waals surface area contributed by atoms with Crippen LogP contribution in [0.3, 0.4) is 0 Å². The van der Waals surface area contributed by atoms with Gasteiger partial charge in [0.15, 0.2) is 0 Å². The number of fused-ring (bicyclic) bond motifs is 1. The second-order valence-corrected chi connectivity index (χ2v) is 6.48. The first-order valence-electron chi connectivity index (χ1n) is 6.71. The fourth-order valence-corrected chi connectivity index (χ4v) is 3.19. The fourth-order valence-electron chi connectivity index (χ4n) is 2.12. The number of aryl methyl sites for hydroxylation is 1. The largest absolute Gasteiger partial charge is 0.385 e. The summed E-state index contributed by atoms with van der Waals surface area (Å²) in [6, 6.07) is 4.92. The van der Waals surface area contributed by atoms with Gasteiger partial charge in [0, 0.05) is 18.8 Å². The number of benzene rings is 1. The number of anilines is 1. The summed E-state index contributed by atoms with van der Waals surface area (Å²) in [6.07, 6.45) is -0.746. The summed E-state index contributed by atoms with van der Waals surface area (Å²) in [5, 5.41) is 3.21. The summed E-state index contributed by atoms with van der Waals surface area (Å²) in [6.45, 7) is 0.0749. The molecule has 0 amide bonds. The van der Waals surface area contributed by atoms with Crippen LogP contribution in [0.25, 0.3) is 0 Å². The zero-order valence-corrected chi connectivity index (χ0v) is 12.3. The van der Waals surface area contributed by atoms with Crippen molar-refractivity contribution in [3.63, 3.8) is 0 Å². The minimum absolute atomic E-state index is 0.0373. The smallest absolute Gasteiger partial charge is 0.261 e. The van der Waals surface area contributed by atoms with Crippen molar-refractivity contribution in [1.82, 2.24) is 4.72 Å². The molecule has 1 heterocycles. The first-order valence-corrected chi connectivity index (χ1v) is 8.20. The Morgan fingerprint density at radius 2 is 2.19 bits per heavy atom. The lowest BCUT2D eigenvalue weighted by atomic mass is 10.0. The predicted octanol–water partition coefficient (Wildman–Crippen LogP) is 1.60. The molecular formula is C13H18F2N2O3S. The first kappa shape index (κ1) is 16.1. The van der Waals surface area contributed by atoms with Crippen LogP contribution in [0, 0.1) is 0 Å². The number of alkyl halides is 2. The quantitative estimate of drug-likeness (QED) is 0.749. The summed E-state index contributed by atoms with van der Waals surface area (Å²) in [4.78, 5) is 0.179. The summed E-state index contributed by atoms with van der Waals surface area (Å²) in [5.74, 6) is 0. The third kappa shape index (κ3) is 4.62. The molecule has 0 aromatic heterocycles. The van der Waals surface area contributed by atoms with Crippen LogP contribution >= 0.6 is 0 Å². The molecule has 21 heavy (non-hydrogen) atoms. The van der Waals surface area contributed by atoms with Crippen LogP contribution in [0.1, 0.15) is 12.0 Å². The van der Waals surface area contributed by atoms with Crippen LogP contribution in [0.2, 0.25) is 0 Å². The normalized spacial score (nSPS) is 14.8. The van der Waals surface area contributed by atoms with E-state index < -0.39 is 23.1 Å². The second-order valence-electron chi connectivity index (χ2n) is 4.71. The van der Waals surface area contributed by atoms with E-state index in [1.165, 1.54) is 6.07 Å². The Hall–Kier alpha value is -1.25. The number of nitrogens with one attached hydrogen (secondary N) is 2. The maximum Gasteiger partial charge on any atom is 0.261 e. The highest BCUT2D eigenvalue weighted by molar-refractivity contribution is 7.89. The van der Waals surface area contributed by atoms with Gasteiger partial charge < -0.3 is 10.1 Å². The zero-order valence-electron chi connectivity index (χ0n) is 11.4. The molecule has 118 valence electrons. The molecule has 8 heteroatoms. The molecule has 0 atom stereocenters. The molecule has 1 aromatic rings. The van der Waals surface area contributed by atoms with Gasteiger partial charge in [-0.1, -0.05) is 0 Å². The number of sulfonamides is 1. The minimum atomic E-state index is -3.64. The molecule has 0 fully saturated rings. The number of ether oxygens (including phenoxy) is 1. The van der Waals surface area contributed by atoms with Crippen LogP contribution in [-0.4, -0.2) is 41.1 Å². The van der Waals surface area contributed by atoms with Crippen molar-refractivity contribution in [2.75, 3.05) is 31.6 Å². The highest BCUT2D eigenvalue weighted by Gasteiger charge is 2.17. The SMILES string of the molecule is O=S(=O)(NCCOCC(F)F)c1ccc2c(c1)CCCN2. The molecule has 0 bridgehead atoms. The van der Waals surface area contributed by atoms with Gasteiger partial charge in [0.05, 0.1) is 11.5 Å². The van der Waals surface area contributed by atoms with Crippen LogP contribution in [0.4, 0.5) is 14.5 Å². The molecular weight excluding hydrogens is 302 g/mol. The summed E-state index contributed by atoms with van der Waals surface area (Å²) < 4.78 is 54.8. The van der Waals surface area contributed by atoms with Gasteiger partial charge in [-0.25, -0.2) is 21.9 Å². The lowest BCUT2D eigenvalue weighted by molar-refractivity contribution is 0.0199. The minimum Gasteiger partial charge on any atom is -0.385 e. The topological polar surface area (TPSA) is 67.4 Å². The van der Waals surface area contributed by atoms with E-state index in [1.54, 1.807) is 12.1 Å². The summed E-state index contributed by atoms with van der Waals surface area (Å²) >= 11 is 0. The van der Waals surface area contributed by atoms with Crippen molar-refractivity contribution in [2.24, 2.45) is 0 Å². The van der Waals surface area contributed by atoms with Crippen molar-refractivity contribution in [3.05, 3.63) is 23.8 Å². The molecule has 2 N–H and O–H groups in total. The van der Waals surface area contributed by atoms with Crippen molar-refractivity contribution in [1.29, 1.82) is 0 Å². The van der Waals surface area contributed by atoms with E-state index in [-0.39, 0.29) is 18.0 Å². The number of halogens is 2. The standard InChI is InChI=1S/C13H18F2N2O3S/c14-13(15)9-20-7-6-17-21(18,19)11-3-4-12-10(8-11)2-1-5-16-12/h3-4,8,13,16-17H,1-2,5-7,9H2. The van der Waals surface area contributed by atoms with E-state index in [0.29, 0.717) is 0 Å². The number of hydrogen-bond donors (Lipinski definition) is 2. The van der Waals surface area contributed by atoms with E-state index >= 15 is 0 Å². The van der Waals surface area contributed by atoms with Gasteiger partial charge >= 0.3 is 0 Å². The molecule has 1 aromatic carbocycles. The summed E-state index contributed by atoms with van der Waals surface area (Å²) in [7, 11) is -3.64. The molecule has 5 nitrogen and oxygen atoms in total. The van der Waals surface area contributed by atoms with Crippen molar-refractivity contribution < 1.29 is 21.9 Å². The molecule has 0 saturated carbocycles. The molecule has 2 rings (SSSR count). The number of hydrogen-bond acceptors (Lipinski definition) is 4. The lowest BCUT2D eigenvalue weighted by Crippen LogP contribution is -2.28. The first-order chi connectivity index (χ1) is 9.99. The second kappa shape index (κ2) is 7.15. The van der Waals surface area contributed by atoms with Crippen LogP contribution in [0.5, 0.6) is 0 Å².